The molecule has 1 amide bonds. The molecule has 0 radical (unpaired) electrons. The van der Waals surface area contributed by atoms with Crippen LogP contribution >= 0.6 is 0 Å². The Labute approximate surface area is 126 Å². The SMILES string of the molecule is Cc1n[nH]c(C)c1CCN1CCCC(N2CCCC2=O)C1. The highest BCUT2D eigenvalue weighted by atomic mass is 16.2. The van der Waals surface area contributed by atoms with Crippen molar-refractivity contribution in [2.45, 2.75) is 52.0 Å². The van der Waals surface area contributed by atoms with E-state index in [1.807, 2.05) is 0 Å². The third-order valence-electron chi connectivity index (χ3n) is 4.99. The fourth-order valence-corrected chi connectivity index (χ4v) is 3.76. The molecule has 5 heteroatoms. The van der Waals surface area contributed by atoms with Gasteiger partial charge in [0.1, 0.15) is 0 Å². The van der Waals surface area contributed by atoms with Crippen LogP contribution in [-0.4, -0.2) is 58.1 Å². The largest absolute Gasteiger partial charge is 0.338 e. The van der Waals surface area contributed by atoms with Gasteiger partial charge >= 0.3 is 0 Å². The van der Waals surface area contributed by atoms with E-state index in [0.29, 0.717) is 11.9 Å². The Balaban J connectivity index is 1.55. The van der Waals surface area contributed by atoms with E-state index in [9.17, 15) is 4.79 Å². The van der Waals surface area contributed by atoms with Crippen LogP contribution in [0.5, 0.6) is 0 Å². The van der Waals surface area contributed by atoms with E-state index in [1.165, 1.54) is 24.1 Å². The van der Waals surface area contributed by atoms with Crippen molar-refractivity contribution < 1.29 is 4.79 Å². The summed E-state index contributed by atoms with van der Waals surface area (Å²) in [5.41, 5.74) is 3.67. The molecular weight excluding hydrogens is 264 g/mol. The summed E-state index contributed by atoms with van der Waals surface area (Å²) in [5.74, 6) is 0.364. The molecule has 21 heavy (non-hydrogen) atoms. The van der Waals surface area contributed by atoms with Crippen LogP contribution in [0.4, 0.5) is 0 Å². The van der Waals surface area contributed by atoms with Crippen LogP contribution in [0.15, 0.2) is 0 Å². The number of nitrogens with zero attached hydrogens (tertiary/aromatic N) is 3. The van der Waals surface area contributed by atoms with Gasteiger partial charge in [-0.05, 0) is 51.6 Å². The lowest BCUT2D eigenvalue weighted by molar-refractivity contribution is -0.130. The Bertz CT molecular complexity index is 491. The Morgan fingerprint density at radius 3 is 2.81 bits per heavy atom. The fourth-order valence-electron chi connectivity index (χ4n) is 3.76. The summed E-state index contributed by atoms with van der Waals surface area (Å²) in [6.45, 7) is 8.41. The normalized spacial score (nSPS) is 24.0. The van der Waals surface area contributed by atoms with Crippen LogP contribution in [0.25, 0.3) is 0 Å². The van der Waals surface area contributed by atoms with Crippen LogP contribution in [0, 0.1) is 13.8 Å². The Morgan fingerprint density at radius 2 is 2.14 bits per heavy atom. The van der Waals surface area contributed by atoms with E-state index in [1.54, 1.807) is 0 Å². The van der Waals surface area contributed by atoms with Gasteiger partial charge in [0.2, 0.25) is 5.91 Å². The highest BCUT2D eigenvalue weighted by Gasteiger charge is 2.31. The van der Waals surface area contributed by atoms with Crippen molar-refractivity contribution in [2.24, 2.45) is 0 Å². The molecule has 2 aliphatic rings. The second kappa shape index (κ2) is 6.18. The molecule has 3 heterocycles. The van der Waals surface area contributed by atoms with Crippen molar-refractivity contribution in [3.05, 3.63) is 17.0 Å². The summed E-state index contributed by atoms with van der Waals surface area (Å²) in [5, 5.41) is 7.33. The number of carbonyl (C=O) groups excluding carboxylic acids is 1. The van der Waals surface area contributed by atoms with Crippen molar-refractivity contribution in [3.63, 3.8) is 0 Å². The van der Waals surface area contributed by atoms with Gasteiger partial charge in [-0.15, -0.1) is 0 Å². The summed E-state index contributed by atoms with van der Waals surface area (Å²) in [7, 11) is 0. The van der Waals surface area contributed by atoms with Crippen LogP contribution in [0.3, 0.4) is 0 Å². The fraction of sp³-hybridized carbons (Fsp3) is 0.750. The van der Waals surface area contributed by atoms with E-state index in [4.69, 9.17) is 0 Å². The third-order valence-corrected chi connectivity index (χ3v) is 4.99. The number of aromatic amines is 1. The molecule has 3 rings (SSSR count). The van der Waals surface area contributed by atoms with Crippen LogP contribution in [-0.2, 0) is 11.2 Å². The van der Waals surface area contributed by atoms with E-state index in [-0.39, 0.29) is 0 Å². The number of H-pyrrole nitrogens is 1. The lowest BCUT2D eigenvalue weighted by Gasteiger charge is -2.37. The van der Waals surface area contributed by atoms with Gasteiger partial charge in [0.15, 0.2) is 0 Å². The number of carbonyl (C=O) groups is 1. The minimum atomic E-state index is 0.364. The Kier molecular flexibility index (Phi) is 4.29. The van der Waals surface area contributed by atoms with Crippen LogP contribution in [0.1, 0.15) is 42.6 Å². The Morgan fingerprint density at radius 1 is 1.29 bits per heavy atom. The molecule has 2 aliphatic heterocycles. The molecule has 2 fully saturated rings. The standard InChI is InChI=1S/C16H26N4O/c1-12-15(13(2)18-17-12)7-10-19-8-3-5-14(11-19)20-9-4-6-16(20)21/h14H,3-11H2,1-2H3,(H,17,18). The number of amides is 1. The number of aryl methyl sites for hydroxylation is 2. The molecule has 1 aromatic rings. The van der Waals surface area contributed by atoms with Crippen LogP contribution < -0.4 is 0 Å². The first-order valence-corrected chi connectivity index (χ1v) is 8.17. The first-order chi connectivity index (χ1) is 10.1. The molecule has 1 aromatic heterocycles. The zero-order chi connectivity index (χ0) is 14.8. The molecule has 0 aliphatic carbocycles. The molecule has 1 unspecified atom stereocenters. The average molecular weight is 290 g/mol. The Hall–Kier alpha value is -1.36. The minimum Gasteiger partial charge on any atom is -0.338 e. The summed E-state index contributed by atoms with van der Waals surface area (Å²) in [6.07, 6.45) is 5.23. The van der Waals surface area contributed by atoms with Gasteiger partial charge in [0, 0.05) is 37.8 Å². The van der Waals surface area contributed by atoms with Gasteiger partial charge in [-0.3, -0.25) is 9.89 Å². The number of hydrogen-bond donors (Lipinski definition) is 1. The van der Waals surface area contributed by atoms with Crippen molar-refractivity contribution in [1.82, 2.24) is 20.0 Å². The molecule has 1 atom stereocenters. The number of rotatable bonds is 4. The average Bonchev–Trinajstić information content (AvgIpc) is 3.04. The highest BCUT2D eigenvalue weighted by molar-refractivity contribution is 5.78. The van der Waals surface area contributed by atoms with E-state index in [2.05, 4.69) is 33.8 Å². The summed E-state index contributed by atoms with van der Waals surface area (Å²) in [6, 6.07) is 0.445. The predicted molar refractivity (Wildman–Crippen MR) is 82.2 cm³/mol. The van der Waals surface area contributed by atoms with Gasteiger partial charge in [-0.2, -0.15) is 5.10 Å². The van der Waals surface area contributed by atoms with E-state index < -0.39 is 0 Å². The summed E-state index contributed by atoms with van der Waals surface area (Å²) < 4.78 is 0. The van der Waals surface area contributed by atoms with Gasteiger partial charge in [0.05, 0.1) is 5.69 Å². The molecule has 0 bridgehead atoms. The predicted octanol–water partition coefficient (Wildman–Crippen LogP) is 1.66. The van der Waals surface area contributed by atoms with Gasteiger partial charge < -0.3 is 9.80 Å². The highest BCUT2D eigenvalue weighted by Crippen LogP contribution is 2.22. The second-order valence-corrected chi connectivity index (χ2v) is 6.45. The lowest BCUT2D eigenvalue weighted by Crippen LogP contribution is -2.48. The number of likely N-dealkylation sites (tertiary alicyclic amines) is 2. The molecule has 116 valence electrons. The monoisotopic (exact) mass is 290 g/mol. The number of aromatic nitrogens is 2. The van der Waals surface area contributed by atoms with Gasteiger partial charge in [0.25, 0.3) is 0 Å². The number of piperidine rings is 1. The molecule has 2 saturated heterocycles. The van der Waals surface area contributed by atoms with E-state index in [0.717, 1.165) is 51.1 Å². The van der Waals surface area contributed by atoms with Gasteiger partial charge in [-0.25, -0.2) is 0 Å². The first-order valence-electron chi connectivity index (χ1n) is 8.17. The topological polar surface area (TPSA) is 52.2 Å². The zero-order valence-electron chi connectivity index (χ0n) is 13.2. The molecule has 0 aromatic carbocycles. The smallest absolute Gasteiger partial charge is 0.222 e. The molecule has 1 N–H and O–H groups in total. The first kappa shape index (κ1) is 14.6. The van der Waals surface area contributed by atoms with Crippen molar-refractivity contribution >= 4 is 5.91 Å². The van der Waals surface area contributed by atoms with Crippen LogP contribution in [0.2, 0.25) is 0 Å². The molecule has 0 spiro atoms. The maximum absolute atomic E-state index is 11.9. The van der Waals surface area contributed by atoms with Gasteiger partial charge in [-0.1, -0.05) is 0 Å². The summed E-state index contributed by atoms with van der Waals surface area (Å²) in [4.78, 5) is 16.6. The zero-order valence-corrected chi connectivity index (χ0v) is 13.2. The molecule has 0 saturated carbocycles. The molecule has 5 nitrogen and oxygen atoms in total. The number of nitrogens with one attached hydrogen (secondary N) is 1. The van der Waals surface area contributed by atoms with Crippen molar-refractivity contribution in [1.29, 1.82) is 0 Å². The minimum absolute atomic E-state index is 0.364. The van der Waals surface area contributed by atoms with Crippen molar-refractivity contribution in [3.8, 4) is 0 Å². The quantitative estimate of drug-likeness (QED) is 0.917. The second-order valence-electron chi connectivity index (χ2n) is 6.45. The maximum atomic E-state index is 11.9. The third kappa shape index (κ3) is 3.12. The lowest BCUT2D eigenvalue weighted by atomic mass is 10.0. The van der Waals surface area contributed by atoms with E-state index >= 15 is 0 Å². The maximum Gasteiger partial charge on any atom is 0.222 e. The summed E-state index contributed by atoms with van der Waals surface area (Å²) >= 11 is 0. The number of hydrogen-bond acceptors (Lipinski definition) is 3. The molecular formula is C16H26N4O. The van der Waals surface area contributed by atoms with Crippen molar-refractivity contribution in [2.75, 3.05) is 26.2 Å².